The molecule has 0 aromatic heterocycles. The molecule has 0 saturated carbocycles. The standard InChI is InChI=1S/C20H19BrO7/c21-12-3-1-2-9-4-5-10-6-11(7-13(23)16(10)15(9)12)27-20-19(26)18(25)17(24)14(8-22)28-20/h1-7,14,17-20,22-26H,8H2/t14-,17-,18+,19-,20-/m1/s1. The number of phenols is 1. The van der Waals surface area contributed by atoms with Crippen LogP contribution in [0.4, 0.5) is 0 Å². The van der Waals surface area contributed by atoms with Gasteiger partial charge in [-0.3, -0.25) is 0 Å². The molecular weight excluding hydrogens is 432 g/mol. The normalized spacial score (nSPS) is 28.0. The van der Waals surface area contributed by atoms with Crippen LogP contribution in [-0.4, -0.2) is 62.8 Å². The Balaban J connectivity index is 1.72. The van der Waals surface area contributed by atoms with Crippen molar-refractivity contribution >= 4 is 37.5 Å². The summed E-state index contributed by atoms with van der Waals surface area (Å²) in [6.07, 6.45) is -6.92. The lowest BCUT2D eigenvalue weighted by Gasteiger charge is -2.39. The number of rotatable bonds is 3. The highest BCUT2D eigenvalue weighted by Crippen LogP contribution is 2.39. The summed E-state index contributed by atoms with van der Waals surface area (Å²) in [5.41, 5.74) is 0. The van der Waals surface area contributed by atoms with Gasteiger partial charge in [0.05, 0.1) is 6.61 Å². The zero-order valence-corrected chi connectivity index (χ0v) is 16.2. The second kappa shape index (κ2) is 7.47. The van der Waals surface area contributed by atoms with Gasteiger partial charge in [0.2, 0.25) is 6.29 Å². The Bertz CT molecular complexity index is 1020. The molecule has 0 spiro atoms. The predicted molar refractivity (Wildman–Crippen MR) is 105 cm³/mol. The SMILES string of the molecule is OC[C@H]1O[C@@H](Oc2cc(O)c3c(ccc4cccc(Br)c43)c2)[C@H](O)[C@@H](O)[C@@H]1O. The summed E-state index contributed by atoms with van der Waals surface area (Å²) in [7, 11) is 0. The highest BCUT2D eigenvalue weighted by Gasteiger charge is 2.44. The van der Waals surface area contributed by atoms with E-state index in [4.69, 9.17) is 9.47 Å². The summed E-state index contributed by atoms with van der Waals surface area (Å²) in [4.78, 5) is 0. The lowest BCUT2D eigenvalue weighted by molar-refractivity contribution is -0.277. The third-order valence-corrected chi connectivity index (χ3v) is 5.62. The lowest BCUT2D eigenvalue weighted by atomic mass is 9.99. The molecule has 0 amide bonds. The first-order valence-electron chi connectivity index (χ1n) is 8.72. The minimum Gasteiger partial charge on any atom is -0.507 e. The molecule has 7 nitrogen and oxygen atoms in total. The van der Waals surface area contributed by atoms with E-state index in [-0.39, 0.29) is 11.5 Å². The van der Waals surface area contributed by atoms with Gasteiger partial charge < -0.3 is 35.0 Å². The van der Waals surface area contributed by atoms with E-state index in [0.717, 1.165) is 15.2 Å². The molecular formula is C20H19BrO7. The minimum absolute atomic E-state index is 0.0189. The summed E-state index contributed by atoms with van der Waals surface area (Å²) in [6, 6.07) is 12.6. The molecule has 5 N–H and O–H groups in total. The molecule has 1 heterocycles. The molecule has 0 bridgehead atoms. The third kappa shape index (κ3) is 3.22. The predicted octanol–water partition coefficient (Wildman–Crippen LogP) is 1.64. The second-order valence-corrected chi connectivity index (χ2v) is 7.61. The zero-order chi connectivity index (χ0) is 20.0. The number of phenolic OH excluding ortho intramolecular Hbond substituents is 1. The first-order chi connectivity index (χ1) is 13.4. The van der Waals surface area contributed by atoms with Gasteiger partial charge in [0.25, 0.3) is 0 Å². The van der Waals surface area contributed by atoms with E-state index in [9.17, 15) is 25.5 Å². The average molecular weight is 451 g/mol. The largest absolute Gasteiger partial charge is 0.507 e. The van der Waals surface area contributed by atoms with Crippen LogP contribution < -0.4 is 4.74 Å². The van der Waals surface area contributed by atoms with Crippen molar-refractivity contribution in [1.82, 2.24) is 0 Å². The molecule has 0 unspecified atom stereocenters. The van der Waals surface area contributed by atoms with Crippen LogP contribution >= 0.6 is 15.9 Å². The summed E-state index contributed by atoms with van der Waals surface area (Å²) in [6.45, 7) is -0.548. The maximum absolute atomic E-state index is 10.6. The van der Waals surface area contributed by atoms with E-state index < -0.39 is 37.3 Å². The Hall–Kier alpha value is -1.94. The van der Waals surface area contributed by atoms with Gasteiger partial charge in [-0.25, -0.2) is 0 Å². The maximum Gasteiger partial charge on any atom is 0.229 e. The molecule has 28 heavy (non-hydrogen) atoms. The number of benzene rings is 3. The maximum atomic E-state index is 10.6. The molecule has 1 aliphatic rings. The summed E-state index contributed by atoms with van der Waals surface area (Å²) < 4.78 is 11.8. The van der Waals surface area contributed by atoms with E-state index in [1.807, 2.05) is 30.3 Å². The van der Waals surface area contributed by atoms with E-state index >= 15 is 0 Å². The van der Waals surface area contributed by atoms with Crippen LogP contribution in [0.5, 0.6) is 11.5 Å². The van der Waals surface area contributed by atoms with Gasteiger partial charge in [0.15, 0.2) is 0 Å². The molecule has 3 aromatic rings. The van der Waals surface area contributed by atoms with Crippen LogP contribution in [0.15, 0.2) is 46.9 Å². The molecule has 148 valence electrons. The Morgan fingerprint density at radius 3 is 2.43 bits per heavy atom. The van der Waals surface area contributed by atoms with Gasteiger partial charge in [-0.05, 0) is 22.9 Å². The van der Waals surface area contributed by atoms with Gasteiger partial charge in [0, 0.05) is 21.3 Å². The monoisotopic (exact) mass is 450 g/mol. The molecule has 0 aliphatic carbocycles. The van der Waals surface area contributed by atoms with Crippen molar-refractivity contribution in [3.63, 3.8) is 0 Å². The summed E-state index contributed by atoms with van der Waals surface area (Å²) in [5, 5.41) is 53.0. The van der Waals surface area contributed by atoms with Crippen molar-refractivity contribution in [3.05, 3.63) is 46.9 Å². The van der Waals surface area contributed by atoms with Crippen LogP contribution in [0.2, 0.25) is 0 Å². The van der Waals surface area contributed by atoms with Crippen molar-refractivity contribution in [2.75, 3.05) is 6.61 Å². The number of hydrogen-bond donors (Lipinski definition) is 5. The number of aliphatic hydroxyl groups excluding tert-OH is 4. The quantitative estimate of drug-likeness (QED) is 0.384. The van der Waals surface area contributed by atoms with Gasteiger partial charge in [0.1, 0.15) is 35.9 Å². The number of halogens is 1. The summed E-state index contributed by atoms with van der Waals surface area (Å²) in [5.74, 6) is 0.190. The van der Waals surface area contributed by atoms with Gasteiger partial charge >= 0.3 is 0 Å². The molecule has 1 fully saturated rings. The van der Waals surface area contributed by atoms with E-state index in [2.05, 4.69) is 15.9 Å². The Labute approximate surface area is 168 Å². The topological polar surface area (TPSA) is 120 Å². The summed E-state index contributed by atoms with van der Waals surface area (Å²) >= 11 is 3.51. The highest BCUT2D eigenvalue weighted by atomic mass is 79.9. The zero-order valence-electron chi connectivity index (χ0n) is 14.6. The molecule has 8 heteroatoms. The fourth-order valence-electron chi connectivity index (χ4n) is 3.52. The Morgan fingerprint density at radius 1 is 0.929 bits per heavy atom. The molecule has 0 radical (unpaired) electrons. The number of aliphatic hydroxyl groups is 4. The van der Waals surface area contributed by atoms with Gasteiger partial charge in [-0.2, -0.15) is 0 Å². The van der Waals surface area contributed by atoms with Crippen LogP contribution in [0.3, 0.4) is 0 Å². The molecule has 4 rings (SSSR count). The highest BCUT2D eigenvalue weighted by molar-refractivity contribution is 9.10. The van der Waals surface area contributed by atoms with Crippen molar-refractivity contribution in [3.8, 4) is 11.5 Å². The first kappa shape index (κ1) is 19.4. The second-order valence-electron chi connectivity index (χ2n) is 6.76. The first-order valence-corrected chi connectivity index (χ1v) is 9.51. The van der Waals surface area contributed by atoms with E-state index in [0.29, 0.717) is 10.8 Å². The number of ether oxygens (including phenoxy) is 2. The van der Waals surface area contributed by atoms with Crippen molar-refractivity contribution < 1.29 is 35.0 Å². The van der Waals surface area contributed by atoms with Crippen LogP contribution in [0.1, 0.15) is 0 Å². The van der Waals surface area contributed by atoms with Crippen molar-refractivity contribution in [2.24, 2.45) is 0 Å². The van der Waals surface area contributed by atoms with Crippen molar-refractivity contribution in [2.45, 2.75) is 30.7 Å². The van der Waals surface area contributed by atoms with Crippen LogP contribution in [0.25, 0.3) is 21.5 Å². The number of fused-ring (bicyclic) bond motifs is 3. The van der Waals surface area contributed by atoms with E-state index in [1.165, 1.54) is 6.07 Å². The number of hydrogen-bond acceptors (Lipinski definition) is 7. The van der Waals surface area contributed by atoms with E-state index in [1.54, 1.807) is 6.07 Å². The molecule has 1 saturated heterocycles. The Morgan fingerprint density at radius 2 is 1.68 bits per heavy atom. The minimum atomic E-state index is -1.54. The van der Waals surface area contributed by atoms with Crippen LogP contribution in [0, 0.1) is 0 Å². The lowest BCUT2D eigenvalue weighted by Crippen LogP contribution is -2.60. The molecule has 5 atom stereocenters. The third-order valence-electron chi connectivity index (χ3n) is 4.96. The Kier molecular flexibility index (Phi) is 5.17. The smallest absolute Gasteiger partial charge is 0.229 e. The average Bonchev–Trinajstić information content (AvgIpc) is 2.68. The van der Waals surface area contributed by atoms with Gasteiger partial charge in [-0.1, -0.05) is 40.2 Å². The van der Waals surface area contributed by atoms with Gasteiger partial charge in [-0.15, -0.1) is 0 Å². The molecule has 1 aliphatic heterocycles. The molecule has 3 aromatic carbocycles. The fourth-order valence-corrected chi connectivity index (χ4v) is 4.10. The number of aromatic hydroxyl groups is 1. The van der Waals surface area contributed by atoms with Crippen molar-refractivity contribution in [1.29, 1.82) is 0 Å². The van der Waals surface area contributed by atoms with Crippen LogP contribution in [-0.2, 0) is 4.74 Å². The fraction of sp³-hybridized carbons (Fsp3) is 0.300.